The third-order valence-corrected chi connectivity index (χ3v) is 6.25. The minimum atomic E-state index is -0.414. The second-order valence-electron chi connectivity index (χ2n) is 8.21. The number of hydrogen-bond donors (Lipinski definition) is 1. The van der Waals surface area contributed by atoms with Crippen LogP contribution < -0.4 is 19.5 Å². The second-order valence-corrected chi connectivity index (χ2v) is 8.21. The molecule has 32 heavy (non-hydrogen) atoms. The summed E-state index contributed by atoms with van der Waals surface area (Å²) in [5.74, 6) is 1.25. The lowest BCUT2D eigenvalue weighted by atomic mass is 10.0. The summed E-state index contributed by atoms with van der Waals surface area (Å²) >= 11 is 0. The Morgan fingerprint density at radius 3 is 1.91 bits per heavy atom. The number of amides is 3. The van der Waals surface area contributed by atoms with Gasteiger partial charge in [-0.2, -0.15) is 0 Å². The Morgan fingerprint density at radius 2 is 1.41 bits per heavy atom. The maximum atomic E-state index is 12.6. The number of methoxy groups -OCH3 is 3. The van der Waals surface area contributed by atoms with Crippen molar-refractivity contribution in [3.8, 4) is 17.2 Å². The number of benzene rings is 1. The van der Waals surface area contributed by atoms with E-state index in [0.717, 1.165) is 12.8 Å². The van der Waals surface area contributed by atoms with E-state index in [1.165, 1.54) is 46.3 Å². The van der Waals surface area contributed by atoms with Crippen LogP contribution in [0.4, 0.5) is 0 Å². The molecule has 1 aliphatic heterocycles. The molecule has 0 atom stereocenters. The molecule has 2 aliphatic rings. The molecule has 3 rings (SSSR count). The predicted octanol–water partition coefficient (Wildman–Crippen LogP) is 1.69. The molecule has 0 radical (unpaired) electrons. The van der Waals surface area contributed by atoms with Gasteiger partial charge in [0.2, 0.25) is 17.6 Å². The van der Waals surface area contributed by atoms with Crippen LogP contribution in [-0.4, -0.2) is 81.6 Å². The van der Waals surface area contributed by atoms with Gasteiger partial charge in [0.05, 0.1) is 27.9 Å². The lowest BCUT2D eigenvalue weighted by Crippen LogP contribution is -2.52. The minimum Gasteiger partial charge on any atom is -0.493 e. The Bertz CT molecular complexity index is 804. The summed E-state index contributed by atoms with van der Waals surface area (Å²) in [6.07, 6.45) is 5.37. The van der Waals surface area contributed by atoms with Gasteiger partial charge in [0.15, 0.2) is 11.5 Å². The first kappa shape index (κ1) is 23.7. The van der Waals surface area contributed by atoms with Gasteiger partial charge in [-0.3, -0.25) is 14.4 Å². The largest absolute Gasteiger partial charge is 0.493 e. The van der Waals surface area contributed by atoms with E-state index in [1.807, 2.05) is 4.90 Å². The van der Waals surface area contributed by atoms with Gasteiger partial charge in [0.25, 0.3) is 5.91 Å². The first-order valence-electron chi connectivity index (χ1n) is 11.1. The maximum Gasteiger partial charge on any atom is 0.251 e. The molecular formula is C23H33N3O6. The molecular weight excluding hydrogens is 414 g/mol. The number of rotatable bonds is 8. The molecule has 0 aromatic heterocycles. The second kappa shape index (κ2) is 11.1. The summed E-state index contributed by atoms with van der Waals surface area (Å²) in [6.45, 7) is 1.92. The van der Waals surface area contributed by atoms with Crippen molar-refractivity contribution >= 4 is 17.7 Å². The van der Waals surface area contributed by atoms with Crippen molar-refractivity contribution in [2.45, 2.75) is 32.1 Å². The van der Waals surface area contributed by atoms with Crippen molar-refractivity contribution in [3.63, 3.8) is 0 Å². The molecule has 0 unspecified atom stereocenters. The van der Waals surface area contributed by atoms with Gasteiger partial charge in [-0.15, -0.1) is 0 Å². The van der Waals surface area contributed by atoms with Crippen LogP contribution in [0.2, 0.25) is 0 Å². The van der Waals surface area contributed by atoms with E-state index in [9.17, 15) is 14.4 Å². The van der Waals surface area contributed by atoms with Gasteiger partial charge in [0.1, 0.15) is 0 Å². The highest BCUT2D eigenvalue weighted by atomic mass is 16.5. The highest BCUT2D eigenvalue weighted by molar-refractivity contribution is 5.97. The quantitative estimate of drug-likeness (QED) is 0.651. The summed E-state index contributed by atoms with van der Waals surface area (Å²) in [5.41, 5.74) is 0.301. The van der Waals surface area contributed by atoms with E-state index in [-0.39, 0.29) is 18.4 Å². The van der Waals surface area contributed by atoms with E-state index in [1.54, 1.807) is 4.90 Å². The first-order valence-corrected chi connectivity index (χ1v) is 11.1. The molecule has 1 heterocycles. The SMILES string of the molecule is COc1cc(C(=O)NCC(=O)N2CCN(C(=O)CC3CCCC3)CC2)cc(OC)c1OC. The molecule has 1 aromatic carbocycles. The molecule has 3 amide bonds. The number of nitrogens with one attached hydrogen (secondary N) is 1. The van der Waals surface area contributed by atoms with E-state index >= 15 is 0 Å². The minimum absolute atomic E-state index is 0.120. The van der Waals surface area contributed by atoms with Crippen molar-refractivity contribution in [1.82, 2.24) is 15.1 Å². The van der Waals surface area contributed by atoms with E-state index in [4.69, 9.17) is 14.2 Å². The fourth-order valence-corrected chi connectivity index (χ4v) is 4.38. The Labute approximate surface area is 189 Å². The Hall–Kier alpha value is -2.97. The molecule has 0 bridgehead atoms. The molecule has 1 N–H and O–H groups in total. The van der Waals surface area contributed by atoms with Gasteiger partial charge >= 0.3 is 0 Å². The van der Waals surface area contributed by atoms with Gasteiger partial charge in [-0.1, -0.05) is 12.8 Å². The predicted molar refractivity (Wildman–Crippen MR) is 118 cm³/mol. The molecule has 1 aliphatic carbocycles. The first-order chi connectivity index (χ1) is 15.5. The number of nitrogens with zero attached hydrogens (tertiary/aromatic N) is 2. The van der Waals surface area contributed by atoms with Crippen molar-refractivity contribution < 1.29 is 28.6 Å². The van der Waals surface area contributed by atoms with Gasteiger partial charge in [0, 0.05) is 38.2 Å². The molecule has 2 fully saturated rings. The molecule has 1 saturated carbocycles. The summed E-state index contributed by atoms with van der Waals surface area (Å²) in [4.78, 5) is 41.2. The van der Waals surface area contributed by atoms with Crippen molar-refractivity contribution in [2.24, 2.45) is 5.92 Å². The normalized spacial score (nSPS) is 16.6. The molecule has 1 aromatic rings. The number of ether oxygens (including phenoxy) is 3. The van der Waals surface area contributed by atoms with Crippen LogP contribution in [0.5, 0.6) is 17.2 Å². The van der Waals surface area contributed by atoms with E-state index in [0.29, 0.717) is 61.3 Å². The summed E-state index contributed by atoms with van der Waals surface area (Å²) in [7, 11) is 4.43. The average Bonchev–Trinajstić information content (AvgIpc) is 3.34. The highest BCUT2D eigenvalue weighted by Gasteiger charge is 2.27. The smallest absolute Gasteiger partial charge is 0.251 e. The Kier molecular flexibility index (Phi) is 8.19. The van der Waals surface area contributed by atoms with Crippen LogP contribution in [0.3, 0.4) is 0 Å². The lowest BCUT2D eigenvalue weighted by molar-refractivity contribution is -0.139. The highest BCUT2D eigenvalue weighted by Crippen LogP contribution is 2.38. The summed E-state index contributed by atoms with van der Waals surface area (Å²) in [5, 5.41) is 2.66. The van der Waals surface area contributed by atoms with Gasteiger partial charge < -0.3 is 29.3 Å². The van der Waals surface area contributed by atoms with Gasteiger partial charge in [-0.25, -0.2) is 0 Å². The number of carbonyl (C=O) groups is 3. The Balaban J connectivity index is 1.48. The van der Waals surface area contributed by atoms with E-state index < -0.39 is 5.91 Å². The van der Waals surface area contributed by atoms with Crippen LogP contribution in [-0.2, 0) is 9.59 Å². The van der Waals surface area contributed by atoms with Gasteiger partial charge in [-0.05, 0) is 30.9 Å². The van der Waals surface area contributed by atoms with Crippen molar-refractivity contribution in [2.75, 3.05) is 54.1 Å². The number of carbonyl (C=O) groups excluding carboxylic acids is 3. The molecule has 9 nitrogen and oxygen atoms in total. The lowest BCUT2D eigenvalue weighted by Gasteiger charge is -2.35. The third-order valence-electron chi connectivity index (χ3n) is 6.25. The monoisotopic (exact) mass is 447 g/mol. The van der Waals surface area contributed by atoms with Crippen molar-refractivity contribution in [1.29, 1.82) is 0 Å². The summed E-state index contributed by atoms with van der Waals surface area (Å²) < 4.78 is 15.8. The standard InChI is InChI=1S/C23H33N3O6/c1-30-18-13-17(14-19(31-2)22(18)32-3)23(29)24-15-21(28)26-10-8-25(9-11-26)20(27)12-16-6-4-5-7-16/h13-14,16H,4-12,15H2,1-3H3,(H,24,29). The summed E-state index contributed by atoms with van der Waals surface area (Å²) in [6, 6.07) is 3.08. The van der Waals surface area contributed by atoms with Crippen LogP contribution in [0.25, 0.3) is 0 Å². The topological polar surface area (TPSA) is 97.4 Å². The van der Waals surface area contributed by atoms with Crippen LogP contribution >= 0.6 is 0 Å². The average molecular weight is 448 g/mol. The number of piperazine rings is 1. The zero-order valence-electron chi connectivity index (χ0n) is 19.1. The molecule has 0 spiro atoms. The maximum absolute atomic E-state index is 12.6. The fourth-order valence-electron chi connectivity index (χ4n) is 4.38. The Morgan fingerprint density at radius 1 is 0.875 bits per heavy atom. The fraction of sp³-hybridized carbons (Fsp3) is 0.609. The van der Waals surface area contributed by atoms with Crippen LogP contribution in [0.15, 0.2) is 12.1 Å². The number of hydrogen-bond acceptors (Lipinski definition) is 6. The zero-order valence-corrected chi connectivity index (χ0v) is 19.1. The molecule has 9 heteroatoms. The van der Waals surface area contributed by atoms with Crippen LogP contribution in [0.1, 0.15) is 42.5 Å². The third kappa shape index (κ3) is 5.63. The zero-order chi connectivity index (χ0) is 23.1. The molecule has 1 saturated heterocycles. The van der Waals surface area contributed by atoms with Crippen LogP contribution in [0, 0.1) is 5.92 Å². The molecule has 176 valence electrons. The van der Waals surface area contributed by atoms with E-state index in [2.05, 4.69) is 5.32 Å². The van der Waals surface area contributed by atoms with Crippen molar-refractivity contribution in [3.05, 3.63) is 17.7 Å².